The maximum atomic E-state index is 12.6. The molecule has 3 N–H and O–H groups in total. The van der Waals surface area contributed by atoms with Gasteiger partial charge in [0.15, 0.2) is 35.2 Å². The van der Waals surface area contributed by atoms with Crippen molar-refractivity contribution >= 4 is 11.4 Å². The average molecular weight is 665 g/mol. The van der Waals surface area contributed by atoms with E-state index in [2.05, 4.69) is 36.5 Å². The summed E-state index contributed by atoms with van der Waals surface area (Å²) in [5.41, 5.74) is 3.17. The van der Waals surface area contributed by atoms with E-state index in [0.29, 0.717) is 54.8 Å². The van der Waals surface area contributed by atoms with Crippen LogP contribution in [0.1, 0.15) is 62.3 Å². The van der Waals surface area contributed by atoms with Gasteiger partial charge in [-0.1, -0.05) is 44.7 Å². The van der Waals surface area contributed by atoms with Crippen LogP contribution in [0.3, 0.4) is 0 Å². The first-order valence-corrected chi connectivity index (χ1v) is 17.8. The molecule has 0 saturated carbocycles. The number of phenolic OH excluding ortho intramolecular Hbond substituents is 2. The second-order valence-electron chi connectivity index (χ2n) is 15.1. The molecule has 4 aliphatic heterocycles. The maximum Gasteiger partial charge on any atom is 0.166 e. The third kappa shape index (κ3) is 4.09. The van der Waals surface area contributed by atoms with Crippen LogP contribution >= 0.6 is 0 Å². The van der Waals surface area contributed by atoms with Crippen molar-refractivity contribution in [2.75, 3.05) is 26.2 Å². The molecule has 2 spiro atoms. The number of aliphatic hydroxyl groups is 1. The van der Waals surface area contributed by atoms with Gasteiger partial charge in [-0.2, -0.15) is 10.2 Å². The normalized spacial score (nSPS) is 36.0. The molecule has 8 atom stereocenters. The van der Waals surface area contributed by atoms with E-state index >= 15 is 0 Å². The molecule has 258 valence electrons. The highest BCUT2D eigenvalue weighted by molar-refractivity contribution is 6.02. The molecule has 4 heterocycles. The zero-order valence-corrected chi connectivity index (χ0v) is 28.9. The summed E-state index contributed by atoms with van der Waals surface area (Å²) in [4.78, 5) is 4.81. The first kappa shape index (κ1) is 32.3. The lowest BCUT2D eigenvalue weighted by Crippen LogP contribution is -2.73. The smallest absolute Gasteiger partial charge is 0.166 e. The number of aromatic hydroxyl groups is 2. The molecule has 2 fully saturated rings. The Bertz CT molecular complexity index is 1820. The molecule has 2 aliphatic carbocycles. The van der Waals surface area contributed by atoms with Gasteiger partial charge < -0.3 is 24.8 Å². The van der Waals surface area contributed by atoms with Crippen LogP contribution in [0.15, 0.2) is 72.4 Å². The molecule has 49 heavy (non-hydrogen) atoms. The van der Waals surface area contributed by atoms with Gasteiger partial charge in [-0.25, -0.2) is 0 Å². The summed E-state index contributed by atoms with van der Waals surface area (Å²) in [6.07, 6.45) is 8.01. The maximum absolute atomic E-state index is 12.6. The van der Waals surface area contributed by atoms with Gasteiger partial charge in [-0.3, -0.25) is 9.80 Å². The quantitative estimate of drug-likeness (QED) is 0.192. The van der Waals surface area contributed by atoms with Crippen molar-refractivity contribution in [1.29, 1.82) is 0 Å². The van der Waals surface area contributed by atoms with E-state index < -0.39 is 28.6 Å². The van der Waals surface area contributed by atoms with E-state index in [1.807, 2.05) is 38.1 Å². The lowest BCUT2D eigenvalue weighted by atomic mass is 9.53. The molecular weight excluding hydrogens is 616 g/mol. The SMILES string of the molecule is C=CCN1CC[C@]23c4c(ccc(O)c4O[C@H]2/C(C=C)=N/N=C(\CC)[C@@H]2Oc4c(O)ccc5c4[C@@]24CCN(CC=C)[C@H](C5)[C@@]4(C)O)C[C@@H]1[C@@H]3C. The minimum atomic E-state index is -1.18. The van der Waals surface area contributed by atoms with E-state index in [9.17, 15) is 15.3 Å². The number of benzene rings is 2. The molecule has 9 heteroatoms. The molecule has 0 radical (unpaired) electrons. The molecule has 2 aromatic carbocycles. The van der Waals surface area contributed by atoms with Crippen molar-refractivity contribution in [3.63, 3.8) is 0 Å². The Kier molecular flexibility index (Phi) is 7.45. The van der Waals surface area contributed by atoms with Gasteiger partial charge in [0.1, 0.15) is 5.71 Å². The molecule has 8 rings (SSSR count). The van der Waals surface area contributed by atoms with Crippen molar-refractivity contribution in [1.82, 2.24) is 9.80 Å². The summed E-state index contributed by atoms with van der Waals surface area (Å²) in [6.45, 7) is 21.5. The highest BCUT2D eigenvalue weighted by atomic mass is 16.5. The van der Waals surface area contributed by atoms with E-state index in [1.54, 1.807) is 18.2 Å². The summed E-state index contributed by atoms with van der Waals surface area (Å²) < 4.78 is 13.4. The molecule has 2 saturated heterocycles. The first-order valence-electron chi connectivity index (χ1n) is 17.8. The second-order valence-corrected chi connectivity index (χ2v) is 15.1. The predicted octanol–water partition coefficient (Wildman–Crippen LogP) is 5.21. The van der Waals surface area contributed by atoms with Gasteiger partial charge in [0.05, 0.1) is 16.7 Å². The molecule has 0 unspecified atom stereocenters. The van der Waals surface area contributed by atoms with Crippen molar-refractivity contribution in [3.8, 4) is 23.0 Å². The summed E-state index contributed by atoms with van der Waals surface area (Å²) in [7, 11) is 0. The van der Waals surface area contributed by atoms with Gasteiger partial charge >= 0.3 is 0 Å². The standard InChI is InChI=1S/C40H48N4O5/c1-7-17-43-19-15-39-23(5)28(43)21-24-11-13-29(45)34(32(24)39)48-36(39)26(9-3)41-42-27(10-4)37-40-16-20-44(18-8-2)31(38(40,6)47)22-25-12-14-30(46)35(49-37)33(25)40/h7-9,11-14,23,28,31,36-37,45-47H,1-3,10,15-22H2,4-6H3/b41-26+,42-27+/t23-,28+,31+,36-,37-,38+,39-,40-/m0/s1. The number of piperidine rings is 2. The highest BCUT2D eigenvalue weighted by Crippen LogP contribution is 2.63. The van der Waals surface area contributed by atoms with Gasteiger partial charge in [-0.15, -0.1) is 13.2 Å². The van der Waals surface area contributed by atoms with Crippen LogP contribution in [0.5, 0.6) is 23.0 Å². The molecule has 2 aromatic rings. The minimum absolute atomic E-state index is 0.0737. The molecule has 9 nitrogen and oxygen atoms in total. The number of hydrogen-bond acceptors (Lipinski definition) is 9. The van der Waals surface area contributed by atoms with Crippen molar-refractivity contribution in [2.24, 2.45) is 16.1 Å². The van der Waals surface area contributed by atoms with Crippen LogP contribution < -0.4 is 9.47 Å². The number of hydrogen-bond donors (Lipinski definition) is 3. The second kappa shape index (κ2) is 11.3. The lowest BCUT2D eigenvalue weighted by Gasteiger charge is -2.59. The van der Waals surface area contributed by atoms with Gasteiger partial charge in [-0.05, 0) is 80.8 Å². The van der Waals surface area contributed by atoms with E-state index in [4.69, 9.17) is 19.7 Å². The van der Waals surface area contributed by atoms with Crippen LogP contribution in [0.25, 0.3) is 0 Å². The van der Waals surface area contributed by atoms with Crippen LogP contribution in [0.4, 0.5) is 0 Å². The molecular formula is C40H48N4O5. The number of rotatable bonds is 9. The first-order chi connectivity index (χ1) is 23.6. The topological polar surface area (TPSA) is 110 Å². The van der Waals surface area contributed by atoms with Crippen LogP contribution in [-0.2, 0) is 23.7 Å². The zero-order valence-electron chi connectivity index (χ0n) is 28.9. The Hall–Kier alpha value is -3.92. The third-order valence-electron chi connectivity index (χ3n) is 13.2. The van der Waals surface area contributed by atoms with Crippen molar-refractivity contribution in [3.05, 3.63) is 84.5 Å². The Morgan fingerprint density at radius 1 is 0.898 bits per heavy atom. The highest BCUT2D eigenvalue weighted by Gasteiger charge is 2.69. The van der Waals surface area contributed by atoms with Gasteiger partial charge in [0.25, 0.3) is 0 Å². The number of fused-ring (bicyclic) bond motifs is 2. The fourth-order valence-electron chi connectivity index (χ4n) is 10.9. The summed E-state index contributed by atoms with van der Waals surface area (Å²) in [6, 6.07) is 7.60. The third-order valence-corrected chi connectivity index (χ3v) is 13.2. The van der Waals surface area contributed by atoms with Crippen molar-refractivity contribution in [2.45, 2.75) is 93.6 Å². The summed E-state index contributed by atoms with van der Waals surface area (Å²) >= 11 is 0. The largest absolute Gasteiger partial charge is 0.504 e. The van der Waals surface area contributed by atoms with E-state index in [-0.39, 0.29) is 23.5 Å². The Morgan fingerprint density at radius 3 is 2.20 bits per heavy atom. The summed E-state index contributed by atoms with van der Waals surface area (Å²) in [5, 5.41) is 44.6. The van der Waals surface area contributed by atoms with Gasteiger partial charge in [0, 0.05) is 48.3 Å². The van der Waals surface area contributed by atoms with Crippen LogP contribution in [-0.4, -0.2) is 92.6 Å². The molecule has 4 bridgehead atoms. The zero-order chi connectivity index (χ0) is 34.5. The Morgan fingerprint density at radius 2 is 1.53 bits per heavy atom. The number of likely N-dealkylation sites (tertiary alicyclic amines) is 2. The van der Waals surface area contributed by atoms with Crippen LogP contribution in [0, 0.1) is 5.92 Å². The van der Waals surface area contributed by atoms with Crippen molar-refractivity contribution < 1.29 is 24.8 Å². The van der Waals surface area contributed by atoms with E-state index in [1.165, 1.54) is 5.56 Å². The predicted molar refractivity (Wildman–Crippen MR) is 191 cm³/mol. The van der Waals surface area contributed by atoms with E-state index in [0.717, 1.165) is 49.2 Å². The number of nitrogens with zero attached hydrogens (tertiary/aromatic N) is 4. The lowest BCUT2D eigenvalue weighted by molar-refractivity contribution is -0.142. The van der Waals surface area contributed by atoms with Crippen LogP contribution in [0.2, 0.25) is 0 Å². The fraction of sp³-hybridized carbons (Fsp3) is 0.500. The minimum Gasteiger partial charge on any atom is -0.504 e. The number of ether oxygens (including phenoxy) is 2. The average Bonchev–Trinajstić information content (AvgIpc) is 3.61. The molecule has 0 aromatic heterocycles. The molecule has 6 aliphatic rings. The Balaban J connectivity index is 1.22. The summed E-state index contributed by atoms with van der Waals surface area (Å²) in [5.74, 6) is 1.42. The van der Waals surface area contributed by atoms with Gasteiger partial charge in [0.2, 0.25) is 0 Å². The fourth-order valence-corrected chi connectivity index (χ4v) is 10.9. The monoisotopic (exact) mass is 664 g/mol. The number of phenols is 2. The molecule has 0 amide bonds. The Labute approximate surface area is 288 Å².